The third kappa shape index (κ3) is 1.94. The lowest BCUT2D eigenvalue weighted by atomic mass is 9.58. The molecule has 0 aromatic heterocycles. The summed E-state index contributed by atoms with van der Waals surface area (Å²) in [5, 5.41) is 0. The van der Waals surface area contributed by atoms with E-state index in [0.717, 1.165) is 11.3 Å². The molecular weight excluding hydrogens is 184 g/mol. The van der Waals surface area contributed by atoms with E-state index in [2.05, 4.69) is 16.8 Å². The summed E-state index contributed by atoms with van der Waals surface area (Å²) in [7, 11) is 2.25. The first-order valence-corrected chi connectivity index (χ1v) is 6.67. The van der Waals surface area contributed by atoms with E-state index in [9.17, 15) is 0 Å². The van der Waals surface area contributed by atoms with Gasteiger partial charge in [0.05, 0.1) is 0 Å². The van der Waals surface area contributed by atoms with Crippen LogP contribution >= 0.6 is 0 Å². The maximum absolute atomic E-state index is 2.71. The highest BCUT2D eigenvalue weighted by Gasteiger charge is 2.50. The topological polar surface area (TPSA) is 6.48 Å². The second kappa shape index (κ2) is 3.74. The van der Waals surface area contributed by atoms with Gasteiger partial charge >= 0.3 is 0 Å². The molecule has 2 aliphatic heterocycles. The standard InChI is InChI=1S/C13H24N2/c1-14-10-13(11-14)7-12(8-13)9-15-5-3-2-4-6-15/h12H,2-11H2,1H3. The first-order chi connectivity index (χ1) is 7.26. The average Bonchev–Trinajstić information content (AvgIpc) is 2.14. The molecule has 0 bridgehead atoms. The minimum absolute atomic E-state index is 0.787. The molecule has 0 unspecified atom stereocenters. The van der Waals surface area contributed by atoms with Crippen LogP contribution in [0.2, 0.25) is 0 Å². The summed E-state index contributed by atoms with van der Waals surface area (Å²) >= 11 is 0. The van der Waals surface area contributed by atoms with Crippen molar-refractivity contribution in [2.45, 2.75) is 32.1 Å². The van der Waals surface area contributed by atoms with E-state index >= 15 is 0 Å². The van der Waals surface area contributed by atoms with Gasteiger partial charge in [0.2, 0.25) is 0 Å². The lowest BCUT2D eigenvalue weighted by Gasteiger charge is -2.59. The van der Waals surface area contributed by atoms with E-state index in [1.165, 1.54) is 64.8 Å². The largest absolute Gasteiger partial charge is 0.305 e. The number of rotatable bonds is 2. The predicted molar refractivity (Wildman–Crippen MR) is 62.9 cm³/mol. The fourth-order valence-corrected chi connectivity index (χ4v) is 4.16. The molecule has 3 rings (SSSR count). The Labute approximate surface area is 93.6 Å². The molecule has 2 heteroatoms. The van der Waals surface area contributed by atoms with Crippen LogP contribution in [-0.4, -0.2) is 49.6 Å². The molecule has 86 valence electrons. The molecule has 0 aromatic carbocycles. The van der Waals surface area contributed by atoms with Crippen molar-refractivity contribution in [3.8, 4) is 0 Å². The highest BCUT2D eigenvalue weighted by atomic mass is 15.2. The molecule has 3 aliphatic rings. The fraction of sp³-hybridized carbons (Fsp3) is 1.00. The zero-order valence-corrected chi connectivity index (χ0v) is 10.0. The number of hydrogen-bond acceptors (Lipinski definition) is 2. The molecule has 0 amide bonds. The van der Waals surface area contributed by atoms with Crippen molar-refractivity contribution in [3.63, 3.8) is 0 Å². The van der Waals surface area contributed by atoms with Crippen LogP contribution < -0.4 is 0 Å². The van der Waals surface area contributed by atoms with Crippen molar-refractivity contribution in [1.82, 2.24) is 9.80 Å². The molecule has 1 saturated carbocycles. The van der Waals surface area contributed by atoms with Gasteiger partial charge in [-0.05, 0) is 57.2 Å². The van der Waals surface area contributed by atoms with Crippen molar-refractivity contribution in [1.29, 1.82) is 0 Å². The van der Waals surface area contributed by atoms with E-state index in [1.807, 2.05) is 0 Å². The van der Waals surface area contributed by atoms with Crippen LogP contribution in [0.4, 0.5) is 0 Å². The van der Waals surface area contributed by atoms with E-state index in [1.54, 1.807) is 0 Å². The van der Waals surface area contributed by atoms with Crippen LogP contribution in [0.25, 0.3) is 0 Å². The summed E-state index contributed by atoms with van der Waals surface area (Å²) in [6, 6.07) is 0. The van der Waals surface area contributed by atoms with Crippen LogP contribution in [0.5, 0.6) is 0 Å². The molecule has 1 spiro atoms. The maximum Gasteiger partial charge on any atom is 0.00476 e. The van der Waals surface area contributed by atoms with Gasteiger partial charge in [-0.1, -0.05) is 6.42 Å². The number of nitrogens with zero attached hydrogens (tertiary/aromatic N) is 2. The van der Waals surface area contributed by atoms with Crippen molar-refractivity contribution in [3.05, 3.63) is 0 Å². The Morgan fingerprint density at radius 1 is 1.07 bits per heavy atom. The highest BCUT2D eigenvalue weighted by Crippen LogP contribution is 2.51. The number of hydrogen-bond donors (Lipinski definition) is 0. The van der Waals surface area contributed by atoms with Gasteiger partial charge in [-0.3, -0.25) is 0 Å². The minimum Gasteiger partial charge on any atom is -0.305 e. The van der Waals surface area contributed by atoms with Gasteiger partial charge in [0.1, 0.15) is 0 Å². The van der Waals surface area contributed by atoms with E-state index in [0.29, 0.717) is 0 Å². The summed E-state index contributed by atoms with van der Waals surface area (Å²) in [4.78, 5) is 5.18. The molecule has 0 N–H and O–H groups in total. The Morgan fingerprint density at radius 2 is 1.73 bits per heavy atom. The lowest BCUT2D eigenvalue weighted by Crippen LogP contribution is -2.61. The first kappa shape index (κ1) is 10.1. The molecule has 3 fully saturated rings. The smallest absolute Gasteiger partial charge is 0.00476 e. The molecule has 0 radical (unpaired) electrons. The normalized spacial score (nSPS) is 32.6. The number of likely N-dealkylation sites (tertiary alicyclic amines) is 2. The minimum atomic E-state index is 0.787. The molecule has 2 heterocycles. The fourth-order valence-electron chi connectivity index (χ4n) is 4.16. The van der Waals surface area contributed by atoms with Gasteiger partial charge in [0.15, 0.2) is 0 Å². The Morgan fingerprint density at radius 3 is 2.33 bits per heavy atom. The summed E-state index contributed by atoms with van der Waals surface area (Å²) in [6.45, 7) is 6.92. The Hall–Kier alpha value is -0.0800. The summed E-state index contributed by atoms with van der Waals surface area (Å²) in [6.07, 6.45) is 7.40. The highest BCUT2D eigenvalue weighted by molar-refractivity contribution is 5.03. The zero-order chi connectivity index (χ0) is 10.3. The third-order valence-corrected chi connectivity index (χ3v) is 4.62. The summed E-state index contributed by atoms with van der Waals surface area (Å²) in [5.41, 5.74) is 0.787. The second-order valence-corrected chi connectivity index (χ2v) is 6.31. The first-order valence-electron chi connectivity index (χ1n) is 6.67. The molecule has 0 atom stereocenters. The van der Waals surface area contributed by atoms with Crippen LogP contribution in [0.3, 0.4) is 0 Å². The van der Waals surface area contributed by atoms with E-state index < -0.39 is 0 Å². The predicted octanol–water partition coefficient (Wildman–Crippen LogP) is 1.81. The van der Waals surface area contributed by atoms with Crippen LogP contribution in [0.1, 0.15) is 32.1 Å². The third-order valence-electron chi connectivity index (χ3n) is 4.62. The Bertz CT molecular complexity index is 219. The van der Waals surface area contributed by atoms with Crippen LogP contribution in [0, 0.1) is 11.3 Å². The van der Waals surface area contributed by atoms with Gasteiger partial charge < -0.3 is 9.80 Å². The molecule has 2 saturated heterocycles. The Balaban J connectivity index is 1.40. The van der Waals surface area contributed by atoms with Gasteiger partial charge in [0.25, 0.3) is 0 Å². The second-order valence-electron chi connectivity index (χ2n) is 6.31. The monoisotopic (exact) mass is 208 g/mol. The quantitative estimate of drug-likeness (QED) is 0.683. The lowest BCUT2D eigenvalue weighted by molar-refractivity contribution is -0.0894. The van der Waals surface area contributed by atoms with Gasteiger partial charge in [-0.2, -0.15) is 0 Å². The van der Waals surface area contributed by atoms with Crippen molar-refractivity contribution in [2.24, 2.45) is 11.3 Å². The van der Waals surface area contributed by atoms with Crippen molar-refractivity contribution in [2.75, 3.05) is 39.8 Å². The summed E-state index contributed by atoms with van der Waals surface area (Å²) < 4.78 is 0. The van der Waals surface area contributed by atoms with Gasteiger partial charge in [-0.15, -0.1) is 0 Å². The molecule has 1 aliphatic carbocycles. The van der Waals surface area contributed by atoms with E-state index in [4.69, 9.17) is 0 Å². The Kier molecular flexibility index (Phi) is 2.52. The van der Waals surface area contributed by atoms with Gasteiger partial charge in [-0.25, -0.2) is 0 Å². The average molecular weight is 208 g/mol. The van der Waals surface area contributed by atoms with Gasteiger partial charge in [0, 0.05) is 19.6 Å². The molecular formula is C13H24N2. The van der Waals surface area contributed by atoms with E-state index in [-0.39, 0.29) is 0 Å². The van der Waals surface area contributed by atoms with Crippen LogP contribution in [0.15, 0.2) is 0 Å². The van der Waals surface area contributed by atoms with Crippen LogP contribution in [-0.2, 0) is 0 Å². The molecule has 0 aromatic rings. The number of piperidine rings is 1. The zero-order valence-electron chi connectivity index (χ0n) is 10.0. The van der Waals surface area contributed by atoms with Crippen molar-refractivity contribution < 1.29 is 0 Å². The SMILES string of the molecule is CN1CC2(CC(CN3CCCCC3)C2)C1. The van der Waals surface area contributed by atoms with Crippen molar-refractivity contribution >= 4 is 0 Å². The molecule has 15 heavy (non-hydrogen) atoms. The summed E-state index contributed by atoms with van der Waals surface area (Å²) in [5.74, 6) is 1.04. The molecule has 2 nitrogen and oxygen atoms in total. The maximum atomic E-state index is 2.71.